The van der Waals surface area contributed by atoms with Gasteiger partial charge in [-0.3, -0.25) is 14.9 Å². The number of aromatic nitrogens is 1. The molecule has 0 bridgehead atoms. The van der Waals surface area contributed by atoms with Crippen LogP contribution in [0.15, 0.2) is 47.4 Å². The van der Waals surface area contributed by atoms with Crippen LogP contribution in [0.4, 0.5) is 5.69 Å². The van der Waals surface area contributed by atoms with Crippen molar-refractivity contribution < 1.29 is 4.92 Å². The number of nitrogens with zero attached hydrogens (tertiary/aromatic N) is 2. The Balaban J connectivity index is 2.36. The molecule has 0 amide bonds. The van der Waals surface area contributed by atoms with Crippen molar-refractivity contribution in [2.45, 2.75) is 0 Å². The van der Waals surface area contributed by atoms with Gasteiger partial charge >= 0.3 is 5.69 Å². The molecule has 0 atom stereocenters. The van der Waals surface area contributed by atoms with Crippen LogP contribution in [0.1, 0.15) is 0 Å². The summed E-state index contributed by atoms with van der Waals surface area (Å²) in [5, 5.41) is 11.5. The lowest BCUT2D eigenvalue weighted by Crippen LogP contribution is -2.15. The number of nitro groups is 1. The molecule has 0 radical (unpaired) electrons. The smallest absolute Gasteiger partial charge is 0.303 e. The Morgan fingerprint density at radius 1 is 1.25 bits per heavy atom. The zero-order chi connectivity index (χ0) is 14.3. The van der Waals surface area contributed by atoms with E-state index in [1.54, 1.807) is 6.07 Å². The maximum atomic E-state index is 12.1. The van der Waals surface area contributed by atoms with E-state index >= 15 is 0 Å². The molecule has 100 valence electrons. The molecule has 0 aliphatic carbocycles. The lowest BCUT2D eigenvalue weighted by atomic mass is 10.2. The first-order valence-corrected chi connectivity index (χ1v) is 6.72. The molecule has 0 spiro atoms. The second-order valence-electron chi connectivity index (χ2n) is 4.41. The van der Waals surface area contributed by atoms with Crippen LogP contribution in [0, 0.1) is 10.1 Å². The number of rotatable bonds is 2. The Labute approximate surface area is 117 Å². The topological polar surface area (TPSA) is 65.1 Å². The third kappa shape index (κ3) is 1.90. The molecule has 0 aliphatic heterocycles. The van der Waals surface area contributed by atoms with Crippen molar-refractivity contribution in [1.82, 2.24) is 4.57 Å². The van der Waals surface area contributed by atoms with E-state index < -0.39 is 4.92 Å². The largest absolute Gasteiger partial charge is 0.311 e. The van der Waals surface area contributed by atoms with Gasteiger partial charge in [0.05, 0.1) is 16.5 Å². The van der Waals surface area contributed by atoms with E-state index in [1.165, 1.54) is 29.1 Å². The number of pyridine rings is 1. The maximum absolute atomic E-state index is 12.1. The van der Waals surface area contributed by atoms with Crippen LogP contribution in [0.25, 0.3) is 20.5 Å². The lowest BCUT2D eigenvalue weighted by Gasteiger charge is -1.98. The Bertz CT molecular complexity index is 865. The molecular weight excluding hydrogens is 276 g/mol. The summed E-state index contributed by atoms with van der Waals surface area (Å²) in [6.07, 6.45) is 1.27. The SMILES string of the molecule is Cn1cc([N+](=O)[O-])c2sc(-c3ccccc3)cc2c1=O. The molecule has 0 aliphatic rings. The van der Waals surface area contributed by atoms with E-state index in [2.05, 4.69) is 0 Å². The molecular formula is C14H10N2O3S. The van der Waals surface area contributed by atoms with Crippen LogP contribution in [0.3, 0.4) is 0 Å². The van der Waals surface area contributed by atoms with Crippen molar-refractivity contribution >= 4 is 27.1 Å². The van der Waals surface area contributed by atoms with Crippen molar-refractivity contribution in [3.63, 3.8) is 0 Å². The second-order valence-corrected chi connectivity index (χ2v) is 5.46. The van der Waals surface area contributed by atoms with Crippen molar-refractivity contribution in [2.24, 2.45) is 7.05 Å². The number of hydrogen-bond acceptors (Lipinski definition) is 4. The first-order chi connectivity index (χ1) is 9.58. The van der Waals surface area contributed by atoms with Crippen molar-refractivity contribution in [1.29, 1.82) is 0 Å². The highest BCUT2D eigenvalue weighted by Crippen LogP contribution is 2.36. The zero-order valence-corrected chi connectivity index (χ0v) is 11.4. The Morgan fingerprint density at radius 3 is 2.60 bits per heavy atom. The maximum Gasteiger partial charge on any atom is 0.303 e. The normalized spacial score (nSPS) is 10.8. The minimum atomic E-state index is -0.451. The summed E-state index contributed by atoms with van der Waals surface area (Å²) in [5.41, 5.74) is 0.698. The van der Waals surface area contributed by atoms with Gasteiger partial charge in [-0.25, -0.2) is 0 Å². The molecule has 1 aromatic carbocycles. The molecule has 0 unspecified atom stereocenters. The molecule has 3 rings (SSSR count). The first kappa shape index (κ1) is 12.6. The summed E-state index contributed by atoms with van der Waals surface area (Å²) in [6, 6.07) is 11.3. The third-order valence-electron chi connectivity index (χ3n) is 3.09. The summed E-state index contributed by atoms with van der Waals surface area (Å²) in [6.45, 7) is 0. The van der Waals surface area contributed by atoms with Crippen LogP contribution in [0.2, 0.25) is 0 Å². The van der Waals surface area contributed by atoms with Gasteiger partial charge in [0, 0.05) is 11.9 Å². The van der Waals surface area contributed by atoms with E-state index in [9.17, 15) is 14.9 Å². The minimum absolute atomic E-state index is 0.0331. The van der Waals surface area contributed by atoms with E-state index in [0.29, 0.717) is 10.1 Å². The number of hydrogen-bond donors (Lipinski definition) is 0. The Morgan fingerprint density at radius 2 is 1.95 bits per heavy atom. The molecule has 0 saturated heterocycles. The van der Waals surface area contributed by atoms with Crippen LogP contribution in [-0.2, 0) is 7.05 Å². The van der Waals surface area contributed by atoms with Crippen LogP contribution in [-0.4, -0.2) is 9.49 Å². The van der Waals surface area contributed by atoms with Gasteiger partial charge in [-0.05, 0) is 11.6 Å². The Hall–Kier alpha value is -2.47. The fourth-order valence-electron chi connectivity index (χ4n) is 2.11. The lowest BCUT2D eigenvalue weighted by molar-refractivity contribution is -0.383. The average molecular weight is 286 g/mol. The average Bonchev–Trinajstić information content (AvgIpc) is 2.89. The highest BCUT2D eigenvalue weighted by molar-refractivity contribution is 7.22. The zero-order valence-electron chi connectivity index (χ0n) is 10.6. The Kier molecular flexibility index (Phi) is 2.87. The van der Waals surface area contributed by atoms with Crippen LogP contribution >= 0.6 is 11.3 Å². The highest BCUT2D eigenvalue weighted by Gasteiger charge is 2.19. The summed E-state index contributed by atoms with van der Waals surface area (Å²) >= 11 is 1.27. The van der Waals surface area contributed by atoms with Gasteiger partial charge < -0.3 is 4.57 Å². The fraction of sp³-hybridized carbons (Fsp3) is 0.0714. The quantitative estimate of drug-likeness (QED) is 0.537. The molecule has 3 aromatic rings. The standard InChI is InChI=1S/C14H10N2O3S/c1-15-8-11(16(18)19)13-10(14(15)17)7-12(20-13)9-5-3-2-4-6-9/h2-8H,1H3. The molecule has 20 heavy (non-hydrogen) atoms. The number of benzene rings is 1. The van der Waals surface area contributed by atoms with Crippen LogP contribution < -0.4 is 5.56 Å². The summed E-state index contributed by atoms with van der Waals surface area (Å²) in [5.74, 6) is 0. The van der Waals surface area contributed by atoms with Crippen molar-refractivity contribution in [3.05, 3.63) is 63.1 Å². The predicted molar refractivity (Wildman–Crippen MR) is 79.2 cm³/mol. The van der Waals surface area contributed by atoms with Gasteiger partial charge in [0.2, 0.25) is 0 Å². The van der Waals surface area contributed by atoms with Gasteiger partial charge in [-0.15, -0.1) is 11.3 Å². The fourth-order valence-corrected chi connectivity index (χ4v) is 3.24. The summed E-state index contributed by atoms with van der Waals surface area (Å²) in [4.78, 5) is 23.6. The van der Waals surface area contributed by atoms with Gasteiger partial charge in [0.25, 0.3) is 5.56 Å². The number of thiophene rings is 1. The molecule has 5 nitrogen and oxygen atoms in total. The third-order valence-corrected chi connectivity index (χ3v) is 4.29. The van der Waals surface area contributed by atoms with Gasteiger partial charge in [-0.2, -0.15) is 0 Å². The van der Waals surface area contributed by atoms with Crippen LogP contribution in [0.5, 0.6) is 0 Å². The molecule has 6 heteroatoms. The predicted octanol–water partition coefficient (Wildman–Crippen LogP) is 3.18. The highest BCUT2D eigenvalue weighted by atomic mass is 32.1. The molecule has 0 fully saturated rings. The number of aryl methyl sites for hydroxylation is 1. The summed E-state index contributed by atoms with van der Waals surface area (Å²) in [7, 11) is 1.52. The molecule has 2 heterocycles. The van der Waals surface area contributed by atoms with Gasteiger partial charge in [0.1, 0.15) is 4.70 Å². The molecule has 2 aromatic heterocycles. The van der Waals surface area contributed by atoms with E-state index in [4.69, 9.17) is 0 Å². The first-order valence-electron chi connectivity index (χ1n) is 5.91. The van der Waals surface area contributed by atoms with E-state index in [1.807, 2.05) is 30.3 Å². The molecule has 0 saturated carbocycles. The summed E-state index contributed by atoms with van der Waals surface area (Å²) < 4.78 is 1.68. The van der Waals surface area contributed by atoms with Crippen molar-refractivity contribution in [2.75, 3.05) is 0 Å². The molecule has 0 N–H and O–H groups in total. The number of fused-ring (bicyclic) bond motifs is 1. The monoisotopic (exact) mass is 286 g/mol. The van der Waals surface area contributed by atoms with Gasteiger partial charge in [-0.1, -0.05) is 30.3 Å². The van der Waals surface area contributed by atoms with Gasteiger partial charge in [0.15, 0.2) is 0 Å². The van der Waals surface area contributed by atoms with E-state index in [-0.39, 0.29) is 11.2 Å². The van der Waals surface area contributed by atoms with Crippen molar-refractivity contribution in [3.8, 4) is 10.4 Å². The second kappa shape index (κ2) is 4.57. The minimum Gasteiger partial charge on any atom is -0.311 e. The van der Waals surface area contributed by atoms with E-state index in [0.717, 1.165) is 10.4 Å².